The number of nitro groups is 1. The van der Waals surface area contributed by atoms with E-state index >= 15 is 0 Å². The van der Waals surface area contributed by atoms with Gasteiger partial charge in [-0.15, -0.1) is 0 Å². The lowest BCUT2D eigenvalue weighted by Gasteiger charge is -2.19. The van der Waals surface area contributed by atoms with Crippen LogP contribution in [0.2, 0.25) is 0 Å². The highest BCUT2D eigenvalue weighted by molar-refractivity contribution is 6.39. The summed E-state index contributed by atoms with van der Waals surface area (Å²) in [5, 5.41) is 25.6. The molecule has 164 valence electrons. The number of nitrogens with zero attached hydrogens (tertiary/aromatic N) is 2. The van der Waals surface area contributed by atoms with Crippen LogP contribution in [0.5, 0.6) is 11.5 Å². The second-order valence-electron chi connectivity index (χ2n) is 5.61. The lowest BCUT2D eigenvalue weighted by atomic mass is 10.2. The topological polar surface area (TPSA) is 143 Å². The molecule has 0 bridgehead atoms. The van der Waals surface area contributed by atoms with Crippen molar-refractivity contribution in [2.45, 2.75) is 12.5 Å². The smallest absolute Gasteiger partial charge is 0.461 e. The number of hydrazone groups is 1. The van der Waals surface area contributed by atoms with Crippen LogP contribution in [-0.2, 0) is 9.59 Å². The fourth-order valence-corrected chi connectivity index (χ4v) is 2.00. The average molecular weight is 444 g/mol. The van der Waals surface area contributed by atoms with Crippen molar-refractivity contribution >= 4 is 29.4 Å². The molecule has 0 radical (unpaired) electrons. The molecule has 10 nitrogen and oxygen atoms in total. The van der Waals surface area contributed by atoms with Gasteiger partial charge in [-0.05, 0) is 18.2 Å². The number of halogens is 4. The highest BCUT2D eigenvalue weighted by atomic mass is 19.3. The van der Waals surface area contributed by atoms with Gasteiger partial charge in [-0.25, -0.2) is 5.43 Å². The third-order valence-electron chi connectivity index (χ3n) is 3.43. The van der Waals surface area contributed by atoms with Crippen LogP contribution in [0.15, 0.2) is 47.6 Å². The van der Waals surface area contributed by atoms with E-state index < -0.39 is 46.5 Å². The van der Waals surface area contributed by atoms with Crippen molar-refractivity contribution in [3.8, 4) is 11.5 Å². The largest absolute Gasteiger partial charge is 0.507 e. The number of benzene rings is 2. The molecule has 2 aromatic rings. The Hall–Kier alpha value is -4.23. The Bertz CT molecular complexity index is 1030. The number of carbonyl (C=O) groups excluding carboxylic acids is 2. The number of phenolic OH excluding ortho intramolecular Hbond substituents is 1. The van der Waals surface area contributed by atoms with E-state index in [4.69, 9.17) is 0 Å². The highest BCUT2D eigenvalue weighted by Crippen LogP contribution is 2.32. The molecule has 14 heteroatoms. The van der Waals surface area contributed by atoms with Crippen molar-refractivity contribution in [1.82, 2.24) is 5.43 Å². The first-order valence-corrected chi connectivity index (χ1v) is 8.07. The van der Waals surface area contributed by atoms with Crippen LogP contribution in [0.1, 0.15) is 5.56 Å². The maximum Gasteiger partial charge on any atom is 0.461 e. The lowest BCUT2D eigenvalue weighted by molar-refractivity contribution is -0.384. The number of non-ortho nitro benzene ring substituents is 1. The summed E-state index contributed by atoms with van der Waals surface area (Å²) in [6, 6.07) is 7.30. The van der Waals surface area contributed by atoms with Gasteiger partial charge in [0.1, 0.15) is 11.5 Å². The molecule has 0 saturated heterocycles. The number of ether oxygens (including phenoxy) is 1. The molecular weight excluding hydrogens is 432 g/mol. The number of para-hydroxylation sites is 2. The third-order valence-corrected chi connectivity index (χ3v) is 3.43. The first-order valence-electron chi connectivity index (χ1n) is 8.07. The number of hydrogen-bond acceptors (Lipinski definition) is 7. The number of aromatic hydroxyl groups is 1. The monoisotopic (exact) mass is 444 g/mol. The minimum absolute atomic E-state index is 0.150. The van der Waals surface area contributed by atoms with Gasteiger partial charge in [0.25, 0.3) is 5.69 Å². The Morgan fingerprint density at radius 2 is 1.87 bits per heavy atom. The van der Waals surface area contributed by atoms with Crippen LogP contribution in [0.25, 0.3) is 0 Å². The zero-order valence-corrected chi connectivity index (χ0v) is 15.1. The van der Waals surface area contributed by atoms with E-state index in [-0.39, 0.29) is 11.3 Å². The summed E-state index contributed by atoms with van der Waals surface area (Å²) >= 11 is 0. The molecule has 0 aliphatic heterocycles. The summed E-state index contributed by atoms with van der Waals surface area (Å²) in [6.45, 7) is 0. The number of amides is 2. The molecule has 0 atom stereocenters. The van der Waals surface area contributed by atoms with E-state index in [2.05, 4.69) is 9.84 Å². The molecule has 0 heterocycles. The molecule has 31 heavy (non-hydrogen) atoms. The standard InChI is InChI=1S/C17H12F4N4O6/c18-16(19)17(20,21)31-13-4-2-1-3-11(13)23-14(27)15(28)24-22-8-9-7-10(25(29)30)5-6-12(9)26/h1-8,16,26H,(H,23,27)(H,24,28)/b22-8+. The fraction of sp³-hybridized carbons (Fsp3) is 0.118. The van der Waals surface area contributed by atoms with Crippen LogP contribution >= 0.6 is 0 Å². The number of carbonyl (C=O) groups is 2. The van der Waals surface area contributed by atoms with Crippen molar-refractivity contribution < 1.29 is 41.9 Å². The van der Waals surface area contributed by atoms with Gasteiger partial charge >= 0.3 is 24.3 Å². The molecular formula is C17H12F4N4O6. The molecule has 2 amide bonds. The zero-order chi connectivity index (χ0) is 23.2. The molecule has 2 rings (SSSR count). The number of anilines is 1. The number of nitro benzene ring substituents is 1. The zero-order valence-electron chi connectivity index (χ0n) is 15.1. The Balaban J connectivity index is 2.06. The van der Waals surface area contributed by atoms with Crippen LogP contribution in [0, 0.1) is 10.1 Å². The molecule has 0 aliphatic carbocycles. The van der Waals surface area contributed by atoms with Crippen LogP contribution in [-0.4, -0.2) is 40.6 Å². The second-order valence-corrected chi connectivity index (χ2v) is 5.61. The van der Waals surface area contributed by atoms with Gasteiger partial charge in [-0.3, -0.25) is 19.7 Å². The maximum absolute atomic E-state index is 13.1. The summed E-state index contributed by atoms with van der Waals surface area (Å²) < 4.78 is 54.7. The number of nitrogens with one attached hydrogen (secondary N) is 2. The summed E-state index contributed by atoms with van der Waals surface area (Å²) in [5.41, 5.74) is 0.720. The number of alkyl halides is 4. The molecule has 3 N–H and O–H groups in total. The van der Waals surface area contributed by atoms with Crippen molar-refractivity contribution in [1.29, 1.82) is 0 Å². The highest BCUT2D eigenvalue weighted by Gasteiger charge is 2.44. The van der Waals surface area contributed by atoms with Crippen LogP contribution in [0.3, 0.4) is 0 Å². The van der Waals surface area contributed by atoms with Gasteiger partial charge in [-0.2, -0.15) is 22.7 Å². The van der Waals surface area contributed by atoms with Crippen LogP contribution < -0.4 is 15.5 Å². The molecule has 0 fully saturated rings. The average Bonchev–Trinajstić information content (AvgIpc) is 2.70. The van der Waals surface area contributed by atoms with Gasteiger partial charge in [0.2, 0.25) is 0 Å². The predicted octanol–water partition coefficient (Wildman–Crippen LogP) is 2.63. The van der Waals surface area contributed by atoms with Crippen molar-refractivity contribution in [2.75, 3.05) is 5.32 Å². The predicted molar refractivity (Wildman–Crippen MR) is 97.1 cm³/mol. The molecule has 0 aliphatic rings. The Morgan fingerprint density at radius 3 is 2.52 bits per heavy atom. The van der Waals surface area contributed by atoms with E-state index in [1.807, 2.05) is 5.32 Å². The summed E-state index contributed by atoms with van der Waals surface area (Å²) in [7, 11) is 0. The van der Waals surface area contributed by atoms with E-state index in [0.29, 0.717) is 0 Å². The fourth-order valence-electron chi connectivity index (χ4n) is 2.00. The van der Waals surface area contributed by atoms with Gasteiger partial charge < -0.3 is 15.2 Å². The molecule has 0 unspecified atom stereocenters. The quantitative estimate of drug-likeness (QED) is 0.197. The molecule has 0 aromatic heterocycles. The Morgan fingerprint density at radius 1 is 1.19 bits per heavy atom. The minimum atomic E-state index is -4.84. The van der Waals surface area contributed by atoms with Gasteiger partial charge in [-0.1, -0.05) is 12.1 Å². The van der Waals surface area contributed by atoms with Gasteiger partial charge in [0, 0.05) is 17.7 Å². The number of rotatable bonds is 7. The summed E-state index contributed by atoms with van der Waals surface area (Å²) in [4.78, 5) is 33.7. The number of hydrogen-bond donors (Lipinski definition) is 3. The summed E-state index contributed by atoms with van der Waals surface area (Å²) in [6.07, 6.45) is -8.17. The Labute approximate surface area is 170 Å². The van der Waals surface area contributed by atoms with Gasteiger partial charge in [0.15, 0.2) is 0 Å². The molecule has 0 spiro atoms. The first-order chi connectivity index (χ1) is 14.5. The Kier molecular flexibility index (Phi) is 7.07. The lowest BCUT2D eigenvalue weighted by Crippen LogP contribution is -2.35. The van der Waals surface area contributed by atoms with E-state index in [1.165, 1.54) is 12.1 Å². The second kappa shape index (κ2) is 9.51. The minimum Gasteiger partial charge on any atom is -0.507 e. The van der Waals surface area contributed by atoms with Gasteiger partial charge in [0.05, 0.1) is 16.8 Å². The van der Waals surface area contributed by atoms with Crippen molar-refractivity contribution in [2.24, 2.45) is 5.10 Å². The molecule has 2 aromatic carbocycles. The third kappa shape index (κ3) is 6.12. The van der Waals surface area contributed by atoms with Crippen LogP contribution in [0.4, 0.5) is 28.9 Å². The van der Waals surface area contributed by atoms with E-state index in [1.54, 1.807) is 5.43 Å². The number of phenols is 1. The van der Waals surface area contributed by atoms with Crippen molar-refractivity contribution in [3.05, 3.63) is 58.1 Å². The van der Waals surface area contributed by atoms with E-state index in [9.17, 15) is 42.4 Å². The van der Waals surface area contributed by atoms with Crippen molar-refractivity contribution in [3.63, 3.8) is 0 Å². The summed E-state index contributed by atoms with van der Waals surface area (Å²) in [5.74, 6) is -4.05. The van der Waals surface area contributed by atoms with E-state index in [0.717, 1.165) is 36.5 Å². The SMILES string of the molecule is O=C(N/N=C/c1cc([N+](=O)[O-])ccc1O)C(=O)Nc1ccccc1OC(F)(F)C(F)F. The normalized spacial score (nSPS) is 11.4. The molecule has 0 saturated carbocycles. The maximum atomic E-state index is 13.1. The first kappa shape index (κ1) is 23.1.